The molecule has 0 saturated heterocycles. The fourth-order valence-electron chi connectivity index (χ4n) is 2.59. The van der Waals surface area contributed by atoms with Gasteiger partial charge < -0.3 is 14.2 Å². The fraction of sp³-hybridized carbons (Fsp3) is 0.353. The van der Waals surface area contributed by atoms with Crippen molar-refractivity contribution < 1.29 is 23.8 Å². The molecule has 0 saturated carbocycles. The number of para-hydroxylation sites is 1. The van der Waals surface area contributed by atoms with Gasteiger partial charge in [-0.3, -0.25) is 0 Å². The molecule has 1 atom stereocenters. The van der Waals surface area contributed by atoms with Gasteiger partial charge in [0.1, 0.15) is 11.6 Å². The number of fused-ring (bicyclic) bond motifs is 1. The summed E-state index contributed by atoms with van der Waals surface area (Å²) >= 11 is 0. The highest BCUT2D eigenvalue weighted by atomic mass is 16.6. The lowest BCUT2D eigenvalue weighted by Crippen LogP contribution is -2.39. The maximum absolute atomic E-state index is 12.3. The van der Waals surface area contributed by atoms with Crippen LogP contribution in [0.1, 0.15) is 19.4 Å². The molecule has 7 nitrogen and oxygen atoms in total. The van der Waals surface area contributed by atoms with Crippen molar-refractivity contribution in [2.45, 2.75) is 20.1 Å². The van der Waals surface area contributed by atoms with E-state index in [1.807, 2.05) is 6.07 Å². The van der Waals surface area contributed by atoms with E-state index in [2.05, 4.69) is 0 Å². The van der Waals surface area contributed by atoms with Crippen molar-refractivity contribution >= 4 is 23.3 Å². The Hall–Kier alpha value is -2.85. The maximum Gasteiger partial charge on any atom is 0.416 e. The number of carbonyl (C=O) groups excluding carboxylic acids is 2. The van der Waals surface area contributed by atoms with E-state index in [1.54, 1.807) is 38.1 Å². The highest BCUT2D eigenvalue weighted by Crippen LogP contribution is 2.42. The van der Waals surface area contributed by atoms with Gasteiger partial charge in [0, 0.05) is 18.2 Å². The van der Waals surface area contributed by atoms with Crippen LogP contribution in [0.15, 0.2) is 29.8 Å². The zero-order valence-corrected chi connectivity index (χ0v) is 13.7. The van der Waals surface area contributed by atoms with Gasteiger partial charge in [-0.2, -0.15) is 5.26 Å². The molecule has 0 N–H and O–H groups in total. The third-order valence-electron chi connectivity index (χ3n) is 3.48. The number of carbonyl (C=O) groups is 2. The summed E-state index contributed by atoms with van der Waals surface area (Å²) in [5.74, 6) is -0.752. The molecule has 1 aliphatic rings. The third-order valence-corrected chi connectivity index (χ3v) is 3.48. The summed E-state index contributed by atoms with van der Waals surface area (Å²) in [7, 11) is 1.39. The van der Waals surface area contributed by atoms with E-state index < -0.39 is 18.3 Å². The summed E-state index contributed by atoms with van der Waals surface area (Å²) in [6, 6.07) is 8.78. The van der Waals surface area contributed by atoms with Crippen molar-refractivity contribution in [2.75, 3.05) is 25.2 Å². The fourth-order valence-corrected chi connectivity index (χ4v) is 2.59. The highest BCUT2D eigenvalue weighted by molar-refractivity contribution is 6.09. The van der Waals surface area contributed by atoms with E-state index in [1.165, 1.54) is 12.0 Å². The SMILES string of the molecule is CCOC(=O)/C(C#N)=C1/c2ccccc2N(C(=O)OCC)C1OC. The number of methoxy groups -OCH3 is 1. The van der Waals surface area contributed by atoms with Crippen LogP contribution >= 0.6 is 0 Å². The van der Waals surface area contributed by atoms with E-state index in [4.69, 9.17) is 14.2 Å². The van der Waals surface area contributed by atoms with Crippen molar-refractivity contribution in [1.29, 1.82) is 5.26 Å². The summed E-state index contributed by atoms with van der Waals surface area (Å²) in [6.45, 7) is 3.67. The summed E-state index contributed by atoms with van der Waals surface area (Å²) in [6.07, 6.45) is -1.56. The first-order valence-corrected chi connectivity index (χ1v) is 7.50. The van der Waals surface area contributed by atoms with Crippen LogP contribution in [0.25, 0.3) is 5.57 Å². The summed E-state index contributed by atoms with van der Waals surface area (Å²) < 4.78 is 15.4. The molecular weight excluding hydrogens is 312 g/mol. The molecule has 126 valence electrons. The van der Waals surface area contributed by atoms with E-state index in [9.17, 15) is 14.9 Å². The van der Waals surface area contributed by atoms with Crippen LogP contribution in [0.3, 0.4) is 0 Å². The van der Waals surface area contributed by atoms with Crippen molar-refractivity contribution in [3.8, 4) is 6.07 Å². The van der Waals surface area contributed by atoms with Gasteiger partial charge in [0.05, 0.1) is 18.9 Å². The molecule has 1 aliphatic heterocycles. The van der Waals surface area contributed by atoms with Crippen molar-refractivity contribution in [3.05, 3.63) is 35.4 Å². The molecule has 1 amide bonds. The van der Waals surface area contributed by atoms with Crippen molar-refractivity contribution in [2.24, 2.45) is 0 Å². The molecule has 0 spiro atoms. The summed E-state index contributed by atoms with van der Waals surface area (Å²) in [4.78, 5) is 25.8. The quantitative estimate of drug-likeness (QED) is 0.479. The molecule has 0 aromatic heterocycles. The molecule has 1 unspecified atom stereocenters. The molecule has 0 radical (unpaired) electrons. The zero-order valence-electron chi connectivity index (χ0n) is 13.7. The first-order valence-electron chi connectivity index (χ1n) is 7.50. The van der Waals surface area contributed by atoms with Crippen LogP contribution in [-0.2, 0) is 19.0 Å². The van der Waals surface area contributed by atoms with E-state index in [-0.39, 0.29) is 18.8 Å². The number of nitriles is 1. The van der Waals surface area contributed by atoms with Crippen LogP contribution in [0, 0.1) is 11.3 Å². The minimum absolute atomic E-state index is 0.137. The number of anilines is 1. The minimum atomic E-state index is -0.944. The largest absolute Gasteiger partial charge is 0.462 e. The average molecular weight is 330 g/mol. The normalized spacial score (nSPS) is 17.8. The first kappa shape index (κ1) is 17.5. The Morgan fingerprint density at radius 2 is 1.88 bits per heavy atom. The summed E-state index contributed by atoms with van der Waals surface area (Å²) in [5, 5.41) is 9.45. The lowest BCUT2D eigenvalue weighted by molar-refractivity contribution is -0.138. The molecule has 0 aliphatic carbocycles. The van der Waals surface area contributed by atoms with Gasteiger partial charge >= 0.3 is 12.1 Å². The smallest absolute Gasteiger partial charge is 0.416 e. The lowest BCUT2D eigenvalue weighted by atomic mass is 10.0. The topological polar surface area (TPSA) is 88.9 Å². The monoisotopic (exact) mass is 330 g/mol. The predicted molar refractivity (Wildman–Crippen MR) is 85.9 cm³/mol. The first-order chi connectivity index (χ1) is 11.6. The van der Waals surface area contributed by atoms with E-state index >= 15 is 0 Å². The molecule has 1 aromatic rings. The second-order valence-electron chi connectivity index (χ2n) is 4.80. The highest BCUT2D eigenvalue weighted by Gasteiger charge is 2.42. The van der Waals surface area contributed by atoms with Gasteiger partial charge in [0.25, 0.3) is 0 Å². The van der Waals surface area contributed by atoms with Gasteiger partial charge in [0.15, 0.2) is 6.23 Å². The number of hydrogen-bond donors (Lipinski definition) is 0. The van der Waals surface area contributed by atoms with Crippen LogP contribution in [-0.4, -0.2) is 38.6 Å². The van der Waals surface area contributed by atoms with Crippen molar-refractivity contribution in [3.63, 3.8) is 0 Å². The molecule has 1 heterocycles. The Morgan fingerprint density at radius 1 is 1.21 bits per heavy atom. The number of nitrogens with zero attached hydrogens (tertiary/aromatic N) is 2. The van der Waals surface area contributed by atoms with Crippen LogP contribution in [0.4, 0.5) is 10.5 Å². The lowest BCUT2D eigenvalue weighted by Gasteiger charge is -2.24. The molecule has 0 bridgehead atoms. The second kappa shape index (κ2) is 7.62. The number of amides is 1. The predicted octanol–water partition coefficient (Wildman–Crippen LogP) is 2.48. The maximum atomic E-state index is 12.3. The molecule has 2 rings (SSSR count). The standard InChI is InChI=1S/C17H18N2O5/c1-4-23-16(20)12(10-18)14-11-8-6-7-9-13(11)19(15(14)22-3)17(21)24-5-2/h6-9,15H,4-5H2,1-3H3/b14-12-. The molecule has 24 heavy (non-hydrogen) atoms. The van der Waals surface area contributed by atoms with Crippen molar-refractivity contribution in [1.82, 2.24) is 0 Å². The Bertz CT molecular complexity index is 720. The Morgan fingerprint density at radius 3 is 2.46 bits per heavy atom. The van der Waals surface area contributed by atoms with Crippen LogP contribution < -0.4 is 4.90 Å². The number of hydrogen-bond acceptors (Lipinski definition) is 6. The number of rotatable bonds is 4. The van der Waals surface area contributed by atoms with Gasteiger partial charge in [-0.25, -0.2) is 14.5 Å². The number of esters is 1. The summed E-state index contributed by atoms with van der Waals surface area (Å²) in [5.41, 5.74) is 1.17. The second-order valence-corrected chi connectivity index (χ2v) is 4.80. The van der Waals surface area contributed by atoms with Gasteiger partial charge in [-0.05, 0) is 19.9 Å². The van der Waals surface area contributed by atoms with Gasteiger partial charge in [-0.1, -0.05) is 18.2 Å². The Kier molecular flexibility index (Phi) is 5.55. The van der Waals surface area contributed by atoms with Gasteiger partial charge in [-0.15, -0.1) is 0 Å². The van der Waals surface area contributed by atoms with E-state index in [0.717, 1.165) is 0 Å². The third kappa shape index (κ3) is 2.96. The number of benzene rings is 1. The molecule has 7 heteroatoms. The molecule has 1 aromatic carbocycles. The van der Waals surface area contributed by atoms with Crippen LogP contribution in [0.2, 0.25) is 0 Å². The Balaban J connectivity index is 2.66. The number of ether oxygens (including phenoxy) is 3. The molecular formula is C17H18N2O5. The van der Waals surface area contributed by atoms with Gasteiger partial charge in [0.2, 0.25) is 0 Å². The Labute approximate surface area is 140 Å². The zero-order chi connectivity index (χ0) is 17.7. The molecule has 0 fully saturated rings. The van der Waals surface area contributed by atoms with Crippen LogP contribution in [0.5, 0.6) is 0 Å². The average Bonchev–Trinajstić information content (AvgIpc) is 2.90. The van der Waals surface area contributed by atoms with E-state index in [0.29, 0.717) is 16.8 Å². The minimum Gasteiger partial charge on any atom is -0.462 e.